The highest BCUT2D eigenvalue weighted by atomic mass is 14.7. The van der Waals surface area contributed by atoms with Gasteiger partial charge in [0.15, 0.2) is 5.69 Å². The second-order valence-corrected chi connectivity index (χ2v) is 7.81. The van der Waals surface area contributed by atoms with E-state index >= 15 is 0 Å². The zero-order valence-corrected chi connectivity index (χ0v) is 17.6. The molecule has 34 heavy (non-hydrogen) atoms. The fourth-order valence-electron chi connectivity index (χ4n) is 5.17. The lowest BCUT2D eigenvalue weighted by Crippen LogP contribution is -2.25. The number of hydrogen-bond acceptors (Lipinski definition) is 3. The molecule has 3 aromatic carbocycles. The summed E-state index contributed by atoms with van der Waals surface area (Å²) in [5.41, 5.74) is 6.32. The number of rotatable bonds is 0. The van der Waals surface area contributed by atoms with Crippen LogP contribution in [0.3, 0.4) is 0 Å². The van der Waals surface area contributed by atoms with E-state index in [1.165, 1.54) is 0 Å². The van der Waals surface area contributed by atoms with Crippen molar-refractivity contribution < 1.29 is 0 Å². The summed E-state index contributed by atoms with van der Waals surface area (Å²) in [4.78, 5) is 10.7. The predicted octanol–water partition coefficient (Wildman–Crippen LogP) is 4.35. The molecular formula is C28H10N6. The van der Waals surface area contributed by atoms with Gasteiger partial charge in [0.1, 0.15) is 0 Å². The van der Waals surface area contributed by atoms with E-state index in [1.54, 1.807) is 24.3 Å². The zero-order valence-electron chi connectivity index (χ0n) is 17.6. The molecule has 2 aliphatic carbocycles. The summed E-state index contributed by atoms with van der Waals surface area (Å²) in [6.45, 7) is 23.0. The molecule has 6 nitrogen and oxygen atoms in total. The van der Waals surface area contributed by atoms with Crippen molar-refractivity contribution >= 4 is 17.1 Å². The Morgan fingerprint density at radius 2 is 1.24 bits per heavy atom. The summed E-state index contributed by atoms with van der Waals surface area (Å²) in [7, 11) is 0. The highest BCUT2D eigenvalue weighted by molar-refractivity contribution is 5.94. The van der Waals surface area contributed by atoms with Gasteiger partial charge in [-0.2, -0.15) is 5.26 Å². The summed E-state index contributed by atoms with van der Waals surface area (Å²) in [6, 6.07) is 16.9. The van der Waals surface area contributed by atoms with Crippen molar-refractivity contribution in [3.05, 3.63) is 109 Å². The quantitative estimate of drug-likeness (QED) is 0.342. The van der Waals surface area contributed by atoms with Crippen LogP contribution < -0.4 is 10.4 Å². The molecule has 0 N–H and O–H groups in total. The van der Waals surface area contributed by atoms with Crippen molar-refractivity contribution in [1.29, 1.82) is 15.8 Å². The van der Waals surface area contributed by atoms with E-state index in [1.807, 2.05) is 24.3 Å². The minimum Gasteiger partial charge on any atom is -0.238 e. The van der Waals surface area contributed by atoms with Crippen molar-refractivity contribution in [3.63, 3.8) is 0 Å². The molecule has 0 aliphatic heterocycles. The Bertz CT molecular complexity index is 1700. The minimum atomic E-state index is -0.0900. The van der Waals surface area contributed by atoms with Gasteiger partial charge in [0.25, 0.3) is 11.4 Å². The van der Waals surface area contributed by atoms with Crippen molar-refractivity contribution in [2.75, 3.05) is 0 Å². The Morgan fingerprint density at radius 1 is 0.706 bits per heavy atom. The Kier molecular flexibility index (Phi) is 4.46. The summed E-state index contributed by atoms with van der Waals surface area (Å²) < 4.78 is 0. The van der Waals surface area contributed by atoms with Gasteiger partial charge in [-0.3, -0.25) is 0 Å². The third kappa shape index (κ3) is 2.49. The van der Waals surface area contributed by atoms with Crippen LogP contribution in [0.15, 0.2) is 36.4 Å². The molecule has 5 rings (SSSR count). The maximum absolute atomic E-state index is 9.87. The van der Waals surface area contributed by atoms with E-state index in [9.17, 15) is 15.8 Å². The maximum atomic E-state index is 9.87. The van der Waals surface area contributed by atoms with Crippen LogP contribution in [-0.2, 0) is 12.8 Å². The standard InChI is InChI=1S/C28H10N6/c1-32-22-9-5-8-17-19(22)11-21-26(17)27(23(13-30)33-2)20-10-18-15(12-29)6-4-7-16(18)25(20)28(21)24(14-31)34-3/h4-9H,10-11H2/b27-23-,28-24+. The molecule has 0 saturated heterocycles. The number of benzene rings is 3. The molecule has 0 unspecified atom stereocenters. The number of nitriles is 3. The first-order chi connectivity index (χ1) is 16.6. The second-order valence-electron chi connectivity index (χ2n) is 7.81. The molecule has 3 aromatic rings. The fourth-order valence-corrected chi connectivity index (χ4v) is 5.17. The van der Waals surface area contributed by atoms with E-state index in [-0.39, 0.29) is 11.4 Å². The molecule has 0 bridgehead atoms. The molecule has 0 atom stereocenters. The Balaban J connectivity index is 2.14. The van der Waals surface area contributed by atoms with Crippen LogP contribution in [0.25, 0.3) is 48.2 Å². The van der Waals surface area contributed by atoms with Gasteiger partial charge in [0.2, 0.25) is 0 Å². The topological polar surface area (TPSA) is 84.4 Å². The van der Waals surface area contributed by atoms with Crippen LogP contribution in [0.4, 0.5) is 5.69 Å². The first kappa shape index (κ1) is 20.3. The lowest BCUT2D eigenvalue weighted by molar-refractivity contribution is 1.19. The van der Waals surface area contributed by atoms with Crippen molar-refractivity contribution in [2.24, 2.45) is 0 Å². The average Bonchev–Trinajstić information content (AvgIpc) is 3.45. The summed E-state index contributed by atoms with van der Waals surface area (Å²) in [6.07, 6.45) is 0.614. The monoisotopic (exact) mass is 430 g/mol. The van der Waals surface area contributed by atoms with Gasteiger partial charge in [-0.15, -0.1) is 0 Å². The van der Waals surface area contributed by atoms with Crippen LogP contribution >= 0.6 is 0 Å². The van der Waals surface area contributed by atoms with Crippen LogP contribution in [0.1, 0.15) is 27.8 Å². The van der Waals surface area contributed by atoms with E-state index < -0.39 is 0 Å². The maximum Gasteiger partial charge on any atom is 0.269 e. The second kappa shape index (κ2) is 7.49. The zero-order chi connectivity index (χ0) is 24.0. The first-order valence-electron chi connectivity index (χ1n) is 10.2. The van der Waals surface area contributed by atoms with Crippen LogP contribution in [0.5, 0.6) is 0 Å². The molecule has 0 amide bonds. The van der Waals surface area contributed by atoms with E-state index in [0.29, 0.717) is 56.8 Å². The third-order valence-electron chi connectivity index (χ3n) is 6.43. The molecule has 0 radical (unpaired) electrons. The number of fused-ring (bicyclic) bond motifs is 6. The normalized spacial score (nSPS) is 13.2. The number of nitrogens with zero attached hydrogens (tertiary/aromatic N) is 6. The Labute approximate surface area is 195 Å². The van der Waals surface area contributed by atoms with Crippen LogP contribution in [0, 0.1) is 53.7 Å². The summed E-state index contributed by atoms with van der Waals surface area (Å²) in [5, 5.41) is 30.4. The molecule has 0 spiro atoms. The van der Waals surface area contributed by atoms with Gasteiger partial charge in [-0.1, -0.05) is 30.3 Å². The molecule has 6 heteroatoms. The number of hydrogen-bond donors (Lipinski definition) is 0. The van der Waals surface area contributed by atoms with Crippen molar-refractivity contribution in [3.8, 4) is 40.5 Å². The van der Waals surface area contributed by atoms with Gasteiger partial charge < -0.3 is 0 Å². The summed E-state index contributed by atoms with van der Waals surface area (Å²) >= 11 is 0. The van der Waals surface area contributed by atoms with Crippen LogP contribution in [0.2, 0.25) is 0 Å². The SMILES string of the molecule is [C-]#[N+]/C(C#N)=c1/c2c(/c(=C(\C#N)[N+]#[C-])c3c1-c1cccc([N+]#[C-])c1C3)-c1cccc(C#N)c1C2. The van der Waals surface area contributed by atoms with Crippen molar-refractivity contribution in [1.82, 2.24) is 0 Å². The predicted molar refractivity (Wildman–Crippen MR) is 124 cm³/mol. The largest absolute Gasteiger partial charge is 0.269 e. The smallest absolute Gasteiger partial charge is 0.238 e. The lowest BCUT2D eigenvalue weighted by Gasteiger charge is -2.13. The van der Waals surface area contributed by atoms with Crippen LogP contribution in [-0.4, -0.2) is 0 Å². The molecule has 2 aliphatic rings. The van der Waals surface area contributed by atoms with Crippen molar-refractivity contribution in [2.45, 2.75) is 12.8 Å². The van der Waals surface area contributed by atoms with Gasteiger partial charge >= 0.3 is 0 Å². The van der Waals surface area contributed by atoms with Gasteiger partial charge in [-0.25, -0.2) is 25.1 Å². The molecule has 0 aromatic heterocycles. The third-order valence-corrected chi connectivity index (χ3v) is 6.43. The highest BCUT2D eigenvalue weighted by Gasteiger charge is 2.33. The molecule has 152 valence electrons. The van der Waals surface area contributed by atoms with Gasteiger partial charge in [-0.05, 0) is 63.4 Å². The molecular weight excluding hydrogens is 420 g/mol. The lowest BCUT2D eigenvalue weighted by atomic mass is 9.90. The summed E-state index contributed by atoms with van der Waals surface area (Å²) in [5.74, 6) is 0. The molecule has 0 heterocycles. The fraction of sp³-hybridized carbons (Fsp3) is 0.0714. The Hall–Kier alpha value is -5.66. The minimum absolute atomic E-state index is 0.0900. The van der Waals surface area contributed by atoms with E-state index in [0.717, 1.165) is 22.3 Å². The highest BCUT2D eigenvalue weighted by Crippen LogP contribution is 2.43. The van der Waals surface area contributed by atoms with Gasteiger partial charge in [0, 0.05) is 10.4 Å². The molecule has 0 fully saturated rings. The first-order valence-corrected chi connectivity index (χ1v) is 10.2. The Morgan fingerprint density at radius 3 is 1.74 bits per heavy atom. The van der Waals surface area contributed by atoms with E-state index in [2.05, 4.69) is 20.6 Å². The average molecular weight is 430 g/mol. The van der Waals surface area contributed by atoms with Gasteiger partial charge in [0.05, 0.1) is 43.5 Å². The molecule has 0 saturated carbocycles. The van der Waals surface area contributed by atoms with E-state index in [4.69, 9.17) is 19.7 Å².